The van der Waals surface area contributed by atoms with Crippen molar-refractivity contribution in [1.29, 1.82) is 0 Å². The molecule has 7 heteroatoms. The van der Waals surface area contributed by atoms with Gasteiger partial charge >= 0.3 is 0 Å². The van der Waals surface area contributed by atoms with Crippen LogP contribution in [0.2, 0.25) is 0 Å². The zero-order valence-electron chi connectivity index (χ0n) is 14.7. The number of H-pyrrole nitrogens is 1. The topological polar surface area (TPSA) is 79.0 Å². The summed E-state index contributed by atoms with van der Waals surface area (Å²) in [5.74, 6) is 0.992. The van der Waals surface area contributed by atoms with Crippen LogP contribution in [0.4, 0.5) is 11.5 Å². The smallest absolute Gasteiger partial charge is 0.256 e. The number of aromatic nitrogens is 2. The van der Waals surface area contributed by atoms with Crippen molar-refractivity contribution < 1.29 is 9.53 Å². The van der Waals surface area contributed by atoms with E-state index < -0.39 is 0 Å². The number of nitrogens with one attached hydrogen (secondary N) is 3. The number of amides is 1. The number of hydrogen-bond acceptors (Lipinski definition) is 5. The van der Waals surface area contributed by atoms with Gasteiger partial charge in [-0.25, -0.2) is 0 Å². The first-order valence-corrected chi connectivity index (χ1v) is 9.31. The Bertz CT molecular complexity index is 1060. The molecule has 2 aromatic carbocycles. The van der Waals surface area contributed by atoms with Crippen LogP contribution in [0.5, 0.6) is 5.75 Å². The van der Waals surface area contributed by atoms with Crippen molar-refractivity contribution in [2.24, 2.45) is 0 Å². The third-order valence-electron chi connectivity index (χ3n) is 4.19. The summed E-state index contributed by atoms with van der Waals surface area (Å²) in [5, 5.41) is 16.4. The summed E-state index contributed by atoms with van der Waals surface area (Å²) < 4.78 is 5.12. The van der Waals surface area contributed by atoms with Gasteiger partial charge in [-0.1, -0.05) is 6.07 Å². The number of carbonyl (C=O) groups is 1. The highest BCUT2D eigenvalue weighted by atomic mass is 32.1. The minimum Gasteiger partial charge on any atom is -0.497 e. The van der Waals surface area contributed by atoms with E-state index in [1.165, 1.54) is 4.88 Å². The van der Waals surface area contributed by atoms with Crippen LogP contribution < -0.4 is 15.4 Å². The largest absolute Gasteiger partial charge is 0.497 e. The molecular formula is C20H18N4O2S. The maximum atomic E-state index is 12.5. The van der Waals surface area contributed by atoms with Crippen LogP contribution >= 0.6 is 11.3 Å². The lowest BCUT2D eigenvalue weighted by molar-refractivity contribution is 0.102. The Kier molecular flexibility index (Phi) is 4.76. The van der Waals surface area contributed by atoms with Crippen LogP contribution in [0.3, 0.4) is 0 Å². The molecule has 0 radical (unpaired) electrons. The van der Waals surface area contributed by atoms with Crippen LogP contribution in [-0.4, -0.2) is 23.2 Å². The van der Waals surface area contributed by atoms with Gasteiger partial charge in [-0.3, -0.25) is 9.89 Å². The third kappa shape index (κ3) is 3.78. The fraction of sp³-hybridized carbons (Fsp3) is 0.100. The maximum absolute atomic E-state index is 12.5. The molecule has 0 spiro atoms. The van der Waals surface area contributed by atoms with Crippen molar-refractivity contribution in [3.8, 4) is 5.75 Å². The molecule has 6 nitrogen and oxygen atoms in total. The highest BCUT2D eigenvalue weighted by Crippen LogP contribution is 2.25. The molecule has 2 aromatic heterocycles. The number of rotatable bonds is 6. The first-order valence-electron chi connectivity index (χ1n) is 8.43. The van der Waals surface area contributed by atoms with Crippen LogP contribution in [0.1, 0.15) is 15.2 Å². The van der Waals surface area contributed by atoms with E-state index >= 15 is 0 Å². The predicted octanol–water partition coefficient (Wildman–Crippen LogP) is 4.50. The zero-order chi connectivity index (χ0) is 18.6. The van der Waals surface area contributed by atoms with E-state index in [1.54, 1.807) is 42.7 Å². The molecule has 0 saturated carbocycles. The van der Waals surface area contributed by atoms with Crippen molar-refractivity contribution in [2.75, 3.05) is 17.7 Å². The van der Waals surface area contributed by atoms with Gasteiger partial charge in [0.2, 0.25) is 0 Å². The van der Waals surface area contributed by atoms with Gasteiger partial charge < -0.3 is 15.4 Å². The quantitative estimate of drug-likeness (QED) is 0.462. The Morgan fingerprint density at radius 1 is 1.19 bits per heavy atom. The zero-order valence-corrected chi connectivity index (χ0v) is 15.5. The van der Waals surface area contributed by atoms with Crippen LogP contribution in [0.15, 0.2) is 60.0 Å². The van der Waals surface area contributed by atoms with Gasteiger partial charge in [0.05, 0.1) is 12.6 Å². The monoisotopic (exact) mass is 378 g/mol. The van der Waals surface area contributed by atoms with E-state index in [0.717, 1.165) is 23.1 Å². The van der Waals surface area contributed by atoms with Crippen molar-refractivity contribution in [3.05, 3.63) is 70.4 Å². The van der Waals surface area contributed by atoms with Gasteiger partial charge in [0.15, 0.2) is 5.82 Å². The van der Waals surface area contributed by atoms with E-state index in [2.05, 4.69) is 32.3 Å². The standard InChI is InChI=1S/C20H18N4O2S/c1-26-15-7-4-13(5-8-15)20(25)22-19-17-11-14(6-9-18(17)23-24-19)21-12-16-3-2-10-27-16/h2-11,21H,12H2,1H3,(H2,22,23,24,25). The minimum absolute atomic E-state index is 0.219. The maximum Gasteiger partial charge on any atom is 0.256 e. The molecular weight excluding hydrogens is 360 g/mol. The molecule has 1 amide bonds. The summed E-state index contributed by atoms with van der Waals surface area (Å²) in [6, 6.07) is 17.0. The Morgan fingerprint density at radius 2 is 2.04 bits per heavy atom. The number of benzene rings is 2. The minimum atomic E-state index is -0.219. The molecule has 2 heterocycles. The number of nitrogens with zero attached hydrogens (tertiary/aromatic N) is 1. The highest BCUT2D eigenvalue weighted by Gasteiger charge is 2.12. The molecule has 0 fully saturated rings. The van der Waals surface area contributed by atoms with E-state index in [4.69, 9.17) is 4.74 Å². The molecule has 27 heavy (non-hydrogen) atoms. The molecule has 0 bridgehead atoms. The number of carbonyl (C=O) groups excluding carboxylic acids is 1. The summed E-state index contributed by atoms with van der Waals surface area (Å²) in [5.41, 5.74) is 2.37. The normalized spacial score (nSPS) is 10.7. The summed E-state index contributed by atoms with van der Waals surface area (Å²) in [7, 11) is 1.59. The van der Waals surface area contributed by atoms with Crippen molar-refractivity contribution in [1.82, 2.24) is 10.2 Å². The van der Waals surface area contributed by atoms with Crippen molar-refractivity contribution >= 4 is 39.7 Å². The number of aromatic amines is 1. The summed E-state index contributed by atoms with van der Waals surface area (Å²) >= 11 is 1.71. The predicted molar refractivity (Wildman–Crippen MR) is 109 cm³/mol. The van der Waals surface area contributed by atoms with Gasteiger partial charge in [0.25, 0.3) is 5.91 Å². The van der Waals surface area contributed by atoms with Gasteiger partial charge in [-0.2, -0.15) is 5.10 Å². The number of thiophene rings is 1. The summed E-state index contributed by atoms with van der Waals surface area (Å²) in [4.78, 5) is 13.8. The average molecular weight is 378 g/mol. The molecule has 0 atom stereocenters. The van der Waals surface area contributed by atoms with Gasteiger partial charge in [0.1, 0.15) is 5.75 Å². The second-order valence-electron chi connectivity index (χ2n) is 5.95. The van der Waals surface area contributed by atoms with Crippen LogP contribution in [0.25, 0.3) is 10.9 Å². The summed E-state index contributed by atoms with van der Waals surface area (Å²) in [6.07, 6.45) is 0. The SMILES string of the molecule is COc1ccc(C(=O)Nc2n[nH]c3ccc(NCc4cccs4)cc23)cc1. The second kappa shape index (κ2) is 7.51. The molecule has 0 aliphatic rings. The Balaban J connectivity index is 1.52. The van der Waals surface area contributed by atoms with E-state index in [1.807, 2.05) is 24.3 Å². The molecule has 0 saturated heterocycles. The van der Waals surface area contributed by atoms with Crippen LogP contribution in [-0.2, 0) is 6.54 Å². The number of methoxy groups -OCH3 is 1. The fourth-order valence-electron chi connectivity index (χ4n) is 2.74. The second-order valence-corrected chi connectivity index (χ2v) is 6.98. The van der Waals surface area contributed by atoms with Crippen molar-refractivity contribution in [2.45, 2.75) is 6.54 Å². The molecule has 4 rings (SSSR count). The fourth-order valence-corrected chi connectivity index (χ4v) is 3.39. The number of hydrogen-bond donors (Lipinski definition) is 3. The third-order valence-corrected chi connectivity index (χ3v) is 5.07. The lowest BCUT2D eigenvalue weighted by atomic mass is 10.2. The van der Waals surface area contributed by atoms with Crippen molar-refractivity contribution in [3.63, 3.8) is 0 Å². The Morgan fingerprint density at radius 3 is 2.78 bits per heavy atom. The van der Waals surface area contributed by atoms with E-state index in [-0.39, 0.29) is 5.91 Å². The number of fused-ring (bicyclic) bond motifs is 1. The Labute approximate surface area is 160 Å². The van der Waals surface area contributed by atoms with E-state index in [9.17, 15) is 4.79 Å². The Hall–Kier alpha value is -3.32. The summed E-state index contributed by atoms with van der Waals surface area (Å²) in [6.45, 7) is 0.758. The molecule has 4 aromatic rings. The molecule has 0 aliphatic carbocycles. The van der Waals surface area contributed by atoms with Gasteiger partial charge in [-0.15, -0.1) is 11.3 Å². The number of anilines is 2. The average Bonchev–Trinajstić information content (AvgIpc) is 3.36. The van der Waals surface area contributed by atoms with E-state index in [0.29, 0.717) is 17.1 Å². The molecule has 136 valence electrons. The molecule has 0 aliphatic heterocycles. The lowest BCUT2D eigenvalue weighted by Crippen LogP contribution is -2.12. The molecule has 3 N–H and O–H groups in total. The molecule has 0 unspecified atom stereocenters. The first-order chi connectivity index (χ1) is 13.2. The first kappa shape index (κ1) is 17.1. The van der Waals surface area contributed by atoms with Gasteiger partial charge in [0, 0.05) is 28.1 Å². The highest BCUT2D eigenvalue weighted by molar-refractivity contribution is 7.09. The van der Waals surface area contributed by atoms with Gasteiger partial charge in [-0.05, 0) is 53.9 Å². The lowest BCUT2D eigenvalue weighted by Gasteiger charge is -2.06. The number of ether oxygens (including phenoxy) is 1. The van der Waals surface area contributed by atoms with Crippen LogP contribution in [0, 0.1) is 0 Å².